The first-order chi connectivity index (χ1) is 20.6. The third-order valence-corrected chi connectivity index (χ3v) is 6.43. The van der Waals surface area contributed by atoms with Gasteiger partial charge in [0.2, 0.25) is 0 Å². The minimum absolute atomic E-state index is 0.104. The van der Waals surface area contributed by atoms with Crippen LogP contribution in [0, 0.1) is 0 Å². The van der Waals surface area contributed by atoms with E-state index >= 15 is 0 Å². The lowest BCUT2D eigenvalue weighted by Gasteiger charge is -2.14. The lowest BCUT2D eigenvalue weighted by Crippen LogP contribution is -2.11. The number of benzene rings is 5. The summed E-state index contributed by atoms with van der Waals surface area (Å²) in [6, 6.07) is 39.7. The Morgan fingerprint density at radius 2 is 0.881 bits per heavy atom. The standard InChI is InChI=1S/C36H32O6/c37-22-29-16-32(39-23-27-10-4-1-5-11-27)20-33(17-29)41-25-30-18-34(40-24-28-12-6-2-7-13-28)21-35(19-30)42-26-36(38)31-14-8-3-9-15-31/h1-21,37H,22-26H2. The highest BCUT2D eigenvalue weighted by atomic mass is 16.5. The number of hydrogen-bond donors (Lipinski definition) is 1. The van der Waals surface area contributed by atoms with Crippen LogP contribution in [0.5, 0.6) is 23.0 Å². The summed E-state index contributed by atoms with van der Waals surface area (Å²) in [6.45, 7) is 0.743. The number of aliphatic hydroxyl groups is 1. The third kappa shape index (κ3) is 8.46. The highest BCUT2D eigenvalue weighted by Gasteiger charge is 2.11. The Balaban J connectivity index is 1.30. The van der Waals surface area contributed by atoms with Gasteiger partial charge in [0.25, 0.3) is 0 Å². The van der Waals surface area contributed by atoms with Crippen molar-refractivity contribution in [3.05, 3.63) is 155 Å². The fourth-order valence-corrected chi connectivity index (χ4v) is 4.27. The van der Waals surface area contributed by atoms with Gasteiger partial charge in [-0.05, 0) is 46.5 Å². The largest absolute Gasteiger partial charge is 0.489 e. The van der Waals surface area contributed by atoms with Crippen LogP contribution in [0.1, 0.15) is 32.6 Å². The van der Waals surface area contributed by atoms with Gasteiger partial charge in [0, 0.05) is 17.7 Å². The Bertz CT molecular complexity index is 1570. The van der Waals surface area contributed by atoms with Gasteiger partial charge in [-0.25, -0.2) is 0 Å². The average Bonchev–Trinajstić information content (AvgIpc) is 3.05. The van der Waals surface area contributed by atoms with E-state index in [0.717, 1.165) is 16.7 Å². The van der Waals surface area contributed by atoms with E-state index in [4.69, 9.17) is 18.9 Å². The van der Waals surface area contributed by atoms with Gasteiger partial charge in [0.05, 0.1) is 6.61 Å². The highest BCUT2D eigenvalue weighted by molar-refractivity contribution is 5.97. The second-order valence-corrected chi connectivity index (χ2v) is 9.70. The molecule has 0 aromatic heterocycles. The Kier molecular flexibility index (Phi) is 9.84. The monoisotopic (exact) mass is 560 g/mol. The molecule has 6 nitrogen and oxygen atoms in total. The Hall–Kier alpha value is -5.07. The number of ether oxygens (including phenoxy) is 4. The molecule has 0 saturated carbocycles. The van der Waals surface area contributed by atoms with Crippen LogP contribution < -0.4 is 18.9 Å². The number of carbonyl (C=O) groups excluding carboxylic acids is 1. The number of Topliss-reactive ketones (excluding diaryl/α,β-unsaturated/α-hetero) is 1. The highest BCUT2D eigenvalue weighted by Crippen LogP contribution is 2.28. The fourth-order valence-electron chi connectivity index (χ4n) is 4.27. The lowest BCUT2D eigenvalue weighted by atomic mass is 10.1. The number of aliphatic hydroxyl groups excluding tert-OH is 1. The Morgan fingerprint density at radius 1 is 0.476 bits per heavy atom. The third-order valence-electron chi connectivity index (χ3n) is 6.43. The van der Waals surface area contributed by atoms with Crippen molar-refractivity contribution in [1.29, 1.82) is 0 Å². The lowest BCUT2D eigenvalue weighted by molar-refractivity contribution is 0.0921. The first-order valence-corrected chi connectivity index (χ1v) is 13.7. The first kappa shape index (κ1) is 28.5. The quantitative estimate of drug-likeness (QED) is 0.145. The van der Waals surface area contributed by atoms with E-state index in [0.29, 0.717) is 47.3 Å². The number of hydrogen-bond acceptors (Lipinski definition) is 6. The van der Waals surface area contributed by atoms with Gasteiger partial charge in [-0.1, -0.05) is 91.0 Å². The molecule has 0 atom stereocenters. The van der Waals surface area contributed by atoms with Crippen molar-refractivity contribution in [1.82, 2.24) is 0 Å². The molecule has 212 valence electrons. The molecule has 5 aromatic carbocycles. The van der Waals surface area contributed by atoms with Crippen LogP contribution in [0.4, 0.5) is 0 Å². The minimum Gasteiger partial charge on any atom is -0.489 e. The average molecular weight is 561 g/mol. The molecule has 0 bridgehead atoms. The maximum Gasteiger partial charge on any atom is 0.200 e. The zero-order valence-corrected chi connectivity index (χ0v) is 23.1. The second kappa shape index (κ2) is 14.5. The van der Waals surface area contributed by atoms with Crippen LogP contribution in [-0.2, 0) is 26.4 Å². The van der Waals surface area contributed by atoms with Gasteiger partial charge in [0.15, 0.2) is 12.4 Å². The summed E-state index contributed by atoms with van der Waals surface area (Å²) in [5.74, 6) is 2.14. The molecule has 0 aliphatic carbocycles. The van der Waals surface area contributed by atoms with Crippen molar-refractivity contribution in [2.75, 3.05) is 6.61 Å². The summed E-state index contributed by atoms with van der Waals surface area (Å²) < 4.78 is 24.1. The van der Waals surface area contributed by atoms with Crippen LogP contribution >= 0.6 is 0 Å². The van der Waals surface area contributed by atoms with Gasteiger partial charge in [-0.2, -0.15) is 0 Å². The van der Waals surface area contributed by atoms with E-state index in [1.807, 2.05) is 91.0 Å². The van der Waals surface area contributed by atoms with Crippen LogP contribution in [-0.4, -0.2) is 17.5 Å². The van der Waals surface area contributed by atoms with E-state index in [9.17, 15) is 9.90 Å². The molecule has 0 unspecified atom stereocenters. The summed E-state index contributed by atoms with van der Waals surface area (Å²) in [7, 11) is 0. The van der Waals surface area contributed by atoms with Crippen LogP contribution in [0.2, 0.25) is 0 Å². The van der Waals surface area contributed by atoms with Crippen LogP contribution in [0.25, 0.3) is 0 Å². The number of carbonyl (C=O) groups is 1. The summed E-state index contributed by atoms with van der Waals surface area (Å²) >= 11 is 0. The maximum absolute atomic E-state index is 12.6. The van der Waals surface area contributed by atoms with Gasteiger partial charge in [-0.15, -0.1) is 0 Å². The molecule has 0 aliphatic rings. The second-order valence-electron chi connectivity index (χ2n) is 9.70. The molecule has 0 fully saturated rings. The topological polar surface area (TPSA) is 74.2 Å². The van der Waals surface area contributed by atoms with Gasteiger partial charge >= 0.3 is 0 Å². The first-order valence-electron chi connectivity index (χ1n) is 13.7. The maximum atomic E-state index is 12.6. The van der Waals surface area contributed by atoms with Crippen molar-refractivity contribution < 1.29 is 28.8 Å². The smallest absolute Gasteiger partial charge is 0.200 e. The number of rotatable bonds is 14. The zero-order chi connectivity index (χ0) is 29.0. The molecular weight excluding hydrogens is 528 g/mol. The zero-order valence-electron chi connectivity index (χ0n) is 23.1. The van der Waals surface area contributed by atoms with Crippen molar-refractivity contribution in [2.45, 2.75) is 26.4 Å². The SMILES string of the molecule is O=C(COc1cc(COc2cc(CO)cc(OCc3ccccc3)c2)cc(OCc2ccccc2)c1)c1ccccc1. The predicted molar refractivity (Wildman–Crippen MR) is 161 cm³/mol. The van der Waals surface area contributed by atoms with Crippen molar-refractivity contribution in [3.63, 3.8) is 0 Å². The van der Waals surface area contributed by atoms with E-state index in [-0.39, 0.29) is 25.6 Å². The molecule has 6 heteroatoms. The molecule has 1 N–H and O–H groups in total. The Labute approximate surface area is 245 Å². The predicted octanol–water partition coefficient (Wildman–Crippen LogP) is 7.18. The summed E-state index contributed by atoms with van der Waals surface area (Å²) in [4.78, 5) is 12.6. The summed E-state index contributed by atoms with van der Waals surface area (Å²) in [6.07, 6.45) is 0. The number of ketones is 1. The summed E-state index contributed by atoms with van der Waals surface area (Å²) in [5.41, 5.74) is 4.14. The van der Waals surface area contributed by atoms with Gasteiger partial charge < -0.3 is 24.1 Å². The molecule has 0 aliphatic heterocycles. The molecule has 0 spiro atoms. The van der Waals surface area contributed by atoms with E-state index in [1.54, 1.807) is 36.4 Å². The van der Waals surface area contributed by atoms with E-state index < -0.39 is 0 Å². The summed E-state index contributed by atoms with van der Waals surface area (Å²) in [5, 5.41) is 9.80. The van der Waals surface area contributed by atoms with Gasteiger partial charge in [-0.3, -0.25) is 4.79 Å². The molecule has 0 heterocycles. The molecule has 0 saturated heterocycles. The molecule has 42 heavy (non-hydrogen) atoms. The molecule has 0 amide bonds. The normalized spacial score (nSPS) is 10.6. The fraction of sp³-hybridized carbons (Fsp3) is 0.139. The van der Waals surface area contributed by atoms with Crippen molar-refractivity contribution >= 4 is 5.78 Å². The van der Waals surface area contributed by atoms with Gasteiger partial charge in [0.1, 0.15) is 42.8 Å². The van der Waals surface area contributed by atoms with Crippen LogP contribution in [0.15, 0.2) is 127 Å². The van der Waals surface area contributed by atoms with Crippen molar-refractivity contribution in [3.8, 4) is 23.0 Å². The minimum atomic E-state index is -0.144. The van der Waals surface area contributed by atoms with E-state index in [2.05, 4.69) is 0 Å². The Morgan fingerprint density at radius 3 is 1.36 bits per heavy atom. The molecule has 5 aromatic rings. The molecule has 5 rings (SSSR count). The molecule has 0 radical (unpaired) electrons. The van der Waals surface area contributed by atoms with E-state index in [1.165, 1.54) is 0 Å². The van der Waals surface area contributed by atoms with Crippen molar-refractivity contribution in [2.24, 2.45) is 0 Å². The molecular formula is C36H32O6. The van der Waals surface area contributed by atoms with Crippen LogP contribution in [0.3, 0.4) is 0 Å².